The smallest absolute Gasteiger partial charge is 0.289 e. The largest absolute Gasteiger partial charge is 0.459 e. The van der Waals surface area contributed by atoms with E-state index >= 15 is 0 Å². The molecule has 2 rings (SSSR count). The Kier molecular flexibility index (Phi) is 7.26. The minimum Gasteiger partial charge on any atom is -0.459 e. The van der Waals surface area contributed by atoms with Gasteiger partial charge in [0.1, 0.15) is 0 Å². The van der Waals surface area contributed by atoms with E-state index < -0.39 is 0 Å². The van der Waals surface area contributed by atoms with Crippen molar-refractivity contribution < 1.29 is 14.0 Å². The SMILES string of the molecule is CC(C)CN(Cc1cc(NC(=O)C(C)C)ccc1N(C)C)C(=O)c1ccco1. The molecule has 6 nitrogen and oxygen atoms in total. The zero-order valence-electron chi connectivity index (χ0n) is 17.7. The van der Waals surface area contributed by atoms with Crippen LogP contribution in [0, 0.1) is 11.8 Å². The number of hydrogen-bond acceptors (Lipinski definition) is 4. The molecule has 1 N–H and O–H groups in total. The Hall–Kier alpha value is -2.76. The van der Waals surface area contributed by atoms with Crippen molar-refractivity contribution in [3.8, 4) is 0 Å². The first kappa shape index (κ1) is 21.5. The number of amides is 2. The van der Waals surface area contributed by atoms with Crippen LogP contribution in [0.15, 0.2) is 41.0 Å². The Morgan fingerprint density at radius 1 is 1.11 bits per heavy atom. The van der Waals surface area contributed by atoms with E-state index in [4.69, 9.17) is 4.42 Å². The molecule has 0 spiro atoms. The highest BCUT2D eigenvalue weighted by Gasteiger charge is 2.21. The number of nitrogens with zero attached hydrogens (tertiary/aromatic N) is 2. The highest BCUT2D eigenvalue weighted by Crippen LogP contribution is 2.26. The van der Waals surface area contributed by atoms with Crippen LogP contribution in [0.4, 0.5) is 11.4 Å². The number of carbonyl (C=O) groups excluding carboxylic acids is 2. The fraction of sp³-hybridized carbons (Fsp3) is 0.455. The lowest BCUT2D eigenvalue weighted by molar-refractivity contribution is -0.118. The Balaban J connectivity index is 2.35. The Morgan fingerprint density at radius 2 is 1.82 bits per heavy atom. The number of benzene rings is 1. The maximum Gasteiger partial charge on any atom is 0.289 e. The fourth-order valence-electron chi connectivity index (χ4n) is 2.93. The minimum absolute atomic E-state index is 0.0331. The van der Waals surface area contributed by atoms with Gasteiger partial charge in [0.05, 0.1) is 6.26 Å². The molecule has 0 radical (unpaired) electrons. The average molecular weight is 386 g/mol. The maximum atomic E-state index is 12.9. The second-order valence-corrected chi connectivity index (χ2v) is 7.94. The highest BCUT2D eigenvalue weighted by molar-refractivity contribution is 5.93. The number of hydrogen-bond donors (Lipinski definition) is 1. The van der Waals surface area contributed by atoms with E-state index in [-0.39, 0.29) is 17.7 Å². The van der Waals surface area contributed by atoms with Gasteiger partial charge in [-0.1, -0.05) is 27.7 Å². The van der Waals surface area contributed by atoms with Crippen LogP contribution in [-0.2, 0) is 11.3 Å². The van der Waals surface area contributed by atoms with E-state index in [0.717, 1.165) is 16.9 Å². The normalized spacial score (nSPS) is 11.0. The van der Waals surface area contributed by atoms with E-state index in [1.165, 1.54) is 6.26 Å². The summed E-state index contributed by atoms with van der Waals surface area (Å²) < 4.78 is 5.32. The van der Waals surface area contributed by atoms with Crippen molar-refractivity contribution in [3.63, 3.8) is 0 Å². The first-order valence-electron chi connectivity index (χ1n) is 9.63. The molecule has 0 unspecified atom stereocenters. The monoisotopic (exact) mass is 385 g/mol. The van der Waals surface area contributed by atoms with E-state index in [1.54, 1.807) is 17.0 Å². The van der Waals surface area contributed by atoms with Crippen LogP contribution in [0.1, 0.15) is 43.8 Å². The Labute approximate surface area is 167 Å². The lowest BCUT2D eigenvalue weighted by atomic mass is 10.1. The molecule has 1 heterocycles. The van der Waals surface area contributed by atoms with E-state index in [1.807, 2.05) is 51.0 Å². The van der Waals surface area contributed by atoms with Gasteiger partial charge in [-0.3, -0.25) is 9.59 Å². The molecule has 0 saturated heterocycles. The maximum absolute atomic E-state index is 12.9. The summed E-state index contributed by atoms with van der Waals surface area (Å²) in [5.74, 6) is 0.367. The molecule has 0 atom stereocenters. The first-order valence-corrected chi connectivity index (χ1v) is 9.63. The zero-order valence-corrected chi connectivity index (χ0v) is 17.7. The van der Waals surface area contributed by atoms with Gasteiger partial charge in [-0.2, -0.15) is 0 Å². The van der Waals surface area contributed by atoms with Crippen molar-refractivity contribution in [3.05, 3.63) is 47.9 Å². The van der Waals surface area contributed by atoms with Gasteiger partial charge in [0, 0.05) is 44.5 Å². The van der Waals surface area contributed by atoms with Crippen molar-refractivity contribution in [2.24, 2.45) is 11.8 Å². The summed E-state index contributed by atoms with van der Waals surface area (Å²) in [6.07, 6.45) is 1.51. The number of furan rings is 1. The van der Waals surface area contributed by atoms with Crippen molar-refractivity contribution in [2.75, 3.05) is 30.9 Å². The van der Waals surface area contributed by atoms with Crippen LogP contribution in [0.3, 0.4) is 0 Å². The highest BCUT2D eigenvalue weighted by atomic mass is 16.3. The van der Waals surface area contributed by atoms with Gasteiger partial charge in [0.15, 0.2) is 5.76 Å². The number of anilines is 2. The minimum atomic E-state index is -0.139. The van der Waals surface area contributed by atoms with Gasteiger partial charge < -0.3 is 19.5 Å². The van der Waals surface area contributed by atoms with Gasteiger partial charge >= 0.3 is 0 Å². The molecule has 0 fully saturated rings. The molecular formula is C22H31N3O3. The molecule has 6 heteroatoms. The third-order valence-corrected chi connectivity index (χ3v) is 4.32. The summed E-state index contributed by atoms with van der Waals surface area (Å²) in [4.78, 5) is 28.8. The number of carbonyl (C=O) groups is 2. The van der Waals surface area contributed by atoms with Crippen LogP contribution in [0.2, 0.25) is 0 Å². The van der Waals surface area contributed by atoms with Crippen LogP contribution in [0.25, 0.3) is 0 Å². The molecule has 2 aromatic rings. The molecule has 0 aliphatic heterocycles. The quantitative estimate of drug-likeness (QED) is 0.738. The van der Waals surface area contributed by atoms with Crippen LogP contribution >= 0.6 is 0 Å². The van der Waals surface area contributed by atoms with Crippen molar-refractivity contribution >= 4 is 23.2 Å². The van der Waals surface area contributed by atoms with Gasteiger partial charge in [0.25, 0.3) is 5.91 Å². The van der Waals surface area contributed by atoms with Crippen molar-refractivity contribution in [1.82, 2.24) is 4.90 Å². The summed E-state index contributed by atoms with van der Waals surface area (Å²) in [7, 11) is 3.93. The zero-order chi connectivity index (χ0) is 20.8. The van der Waals surface area contributed by atoms with E-state index in [9.17, 15) is 9.59 Å². The molecule has 1 aromatic carbocycles. The predicted octanol–water partition coefficient (Wildman–Crippen LogP) is 4.24. The molecule has 0 saturated carbocycles. The summed E-state index contributed by atoms with van der Waals surface area (Å²) in [5.41, 5.74) is 2.70. The third-order valence-electron chi connectivity index (χ3n) is 4.32. The summed E-state index contributed by atoms with van der Waals surface area (Å²) in [6.45, 7) is 8.91. The standard InChI is InChI=1S/C22H31N3O3/c1-15(2)13-25(22(27)20-8-7-11-28-20)14-17-12-18(23-21(26)16(3)4)9-10-19(17)24(5)6/h7-12,15-16H,13-14H2,1-6H3,(H,23,26). The molecule has 0 bridgehead atoms. The second kappa shape index (κ2) is 9.44. The summed E-state index contributed by atoms with van der Waals surface area (Å²) in [6, 6.07) is 9.20. The van der Waals surface area contributed by atoms with Crippen LogP contribution in [0.5, 0.6) is 0 Å². The van der Waals surface area contributed by atoms with Crippen molar-refractivity contribution in [2.45, 2.75) is 34.2 Å². The molecule has 28 heavy (non-hydrogen) atoms. The molecule has 1 aromatic heterocycles. The molecular weight excluding hydrogens is 354 g/mol. The molecule has 2 amide bonds. The second-order valence-electron chi connectivity index (χ2n) is 7.94. The van der Waals surface area contributed by atoms with Crippen molar-refractivity contribution in [1.29, 1.82) is 0 Å². The van der Waals surface area contributed by atoms with Crippen LogP contribution < -0.4 is 10.2 Å². The van der Waals surface area contributed by atoms with Gasteiger partial charge in [-0.05, 0) is 41.8 Å². The van der Waals surface area contributed by atoms with E-state index in [0.29, 0.717) is 24.8 Å². The predicted molar refractivity (Wildman–Crippen MR) is 113 cm³/mol. The summed E-state index contributed by atoms with van der Waals surface area (Å²) >= 11 is 0. The Morgan fingerprint density at radius 3 is 2.36 bits per heavy atom. The number of rotatable bonds is 8. The topological polar surface area (TPSA) is 65.8 Å². The van der Waals surface area contributed by atoms with Gasteiger partial charge in [0.2, 0.25) is 5.91 Å². The first-order chi connectivity index (χ1) is 13.2. The van der Waals surface area contributed by atoms with E-state index in [2.05, 4.69) is 19.2 Å². The molecule has 0 aliphatic carbocycles. The average Bonchev–Trinajstić information content (AvgIpc) is 3.14. The Bertz CT molecular complexity index is 795. The fourth-order valence-corrected chi connectivity index (χ4v) is 2.93. The summed E-state index contributed by atoms with van der Waals surface area (Å²) in [5, 5.41) is 2.94. The van der Waals surface area contributed by atoms with Gasteiger partial charge in [-0.15, -0.1) is 0 Å². The number of nitrogens with one attached hydrogen (secondary N) is 1. The van der Waals surface area contributed by atoms with Crippen LogP contribution in [-0.4, -0.2) is 37.4 Å². The third kappa shape index (κ3) is 5.62. The molecule has 0 aliphatic rings. The molecule has 152 valence electrons. The lowest BCUT2D eigenvalue weighted by Gasteiger charge is -2.27. The van der Waals surface area contributed by atoms with Gasteiger partial charge in [-0.25, -0.2) is 0 Å². The lowest BCUT2D eigenvalue weighted by Crippen LogP contribution is -2.34.